The van der Waals surface area contributed by atoms with Gasteiger partial charge >= 0.3 is 11.8 Å². The number of amides is 2. The molecular formula is C17H24N2O3. The fourth-order valence-corrected chi connectivity index (χ4v) is 2.79. The van der Waals surface area contributed by atoms with Gasteiger partial charge in [0.15, 0.2) is 0 Å². The molecule has 2 rings (SSSR count). The minimum atomic E-state index is -0.648. The summed E-state index contributed by atoms with van der Waals surface area (Å²) in [7, 11) is 0. The van der Waals surface area contributed by atoms with E-state index in [1.54, 1.807) is 18.2 Å². The van der Waals surface area contributed by atoms with Crippen LogP contribution in [-0.4, -0.2) is 24.5 Å². The van der Waals surface area contributed by atoms with Crippen LogP contribution in [0, 0.1) is 5.92 Å². The number of para-hydroxylation sites is 2. The monoisotopic (exact) mass is 304 g/mol. The highest BCUT2D eigenvalue weighted by Crippen LogP contribution is 2.25. The van der Waals surface area contributed by atoms with Crippen molar-refractivity contribution >= 4 is 17.5 Å². The van der Waals surface area contributed by atoms with E-state index in [0.29, 0.717) is 24.0 Å². The van der Waals surface area contributed by atoms with Crippen LogP contribution >= 0.6 is 0 Å². The van der Waals surface area contributed by atoms with E-state index >= 15 is 0 Å². The van der Waals surface area contributed by atoms with Crippen LogP contribution in [0.5, 0.6) is 5.75 Å². The van der Waals surface area contributed by atoms with Gasteiger partial charge in [-0.3, -0.25) is 9.59 Å². The van der Waals surface area contributed by atoms with E-state index < -0.39 is 11.8 Å². The summed E-state index contributed by atoms with van der Waals surface area (Å²) in [6.45, 7) is 4.49. The van der Waals surface area contributed by atoms with Crippen molar-refractivity contribution in [3.05, 3.63) is 24.3 Å². The molecule has 22 heavy (non-hydrogen) atoms. The lowest BCUT2D eigenvalue weighted by molar-refractivity contribution is -0.137. The summed E-state index contributed by atoms with van der Waals surface area (Å²) >= 11 is 0. The molecule has 120 valence electrons. The van der Waals surface area contributed by atoms with Crippen LogP contribution in [-0.2, 0) is 9.59 Å². The molecule has 0 heterocycles. The molecule has 0 aromatic heterocycles. The van der Waals surface area contributed by atoms with Crippen LogP contribution in [0.15, 0.2) is 24.3 Å². The molecule has 0 saturated heterocycles. The van der Waals surface area contributed by atoms with Crippen LogP contribution < -0.4 is 15.4 Å². The van der Waals surface area contributed by atoms with Gasteiger partial charge in [-0.15, -0.1) is 0 Å². The van der Waals surface area contributed by atoms with E-state index in [4.69, 9.17) is 4.74 Å². The van der Waals surface area contributed by atoms with Crippen LogP contribution in [0.25, 0.3) is 0 Å². The molecule has 0 bridgehead atoms. The van der Waals surface area contributed by atoms with Gasteiger partial charge in [0.2, 0.25) is 0 Å². The molecule has 1 aliphatic rings. The lowest BCUT2D eigenvalue weighted by Crippen LogP contribution is -2.45. The average molecular weight is 304 g/mol. The predicted molar refractivity (Wildman–Crippen MR) is 85.8 cm³/mol. The maximum absolute atomic E-state index is 12.1. The Morgan fingerprint density at radius 1 is 1.18 bits per heavy atom. The number of carbonyl (C=O) groups is 2. The predicted octanol–water partition coefficient (Wildman–Crippen LogP) is 2.72. The van der Waals surface area contributed by atoms with Gasteiger partial charge < -0.3 is 15.4 Å². The molecular weight excluding hydrogens is 280 g/mol. The van der Waals surface area contributed by atoms with Crippen LogP contribution in [0.1, 0.15) is 39.5 Å². The largest absolute Gasteiger partial charge is 0.492 e. The molecule has 0 unspecified atom stereocenters. The number of hydrogen-bond acceptors (Lipinski definition) is 3. The third-order valence-electron chi connectivity index (χ3n) is 4.07. The van der Waals surface area contributed by atoms with Crippen molar-refractivity contribution in [2.75, 3.05) is 11.9 Å². The maximum atomic E-state index is 12.1. The van der Waals surface area contributed by atoms with E-state index in [-0.39, 0.29) is 6.04 Å². The van der Waals surface area contributed by atoms with Crippen molar-refractivity contribution in [2.24, 2.45) is 5.92 Å². The van der Waals surface area contributed by atoms with E-state index in [1.807, 2.05) is 13.0 Å². The summed E-state index contributed by atoms with van der Waals surface area (Å²) in [5.41, 5.74) is 0.515. The van der Waals surface area contributed by atoms with Crippen molar-refractivity contribution in [1.29, 1.82) is 0 Å². The minimum Gasteiger partial charge on any atom is -0.492 e. The Balaban J connectivity index is 1.95. The van der Waals surface area contributed by atoms with Gasteiger partial charge in [0.25, 0.3) is 0 Å². The van der Waals surface area contributed by atoms with E-state index in [2.05, 4.69) is 17.6 Å². The lowest BCUT2D eigenvalue weighted by atomic mass is 9.86. The first-order valence-corrected chi connectivity index (χ1v) is 7.95. The Bertz CT molecular complexity index is 530. The Morgan fingerprint density at radius 2 is 1.91 bits per heavy atom. The van der Waals surface area contributed by atoms with Crippen LogP contribution in [0.4, 0.5) is 5.69 Å². The standard InChI is InChI=1S/C17H24N2O3/c1-3-22-15-11-7-6-10-14(15)19-17(21)16(20)18-13-9-5-4-8-12(13)2/h6-7,10-13H,3-5,8-9H2,1-2H3,(H,18,20)(H,19,21)/t12-,13+/m0/s1. The summed E-state index contributed by atoms with van der Waals surface area (Å²) in [6, 6.07) is 7.19. The second kappa shape index (κ2) is 7.82. The van der Waals surface area contributed by atoms with E-state index in [0.717, 1.165) is 19.3 Å². The fourth-order valence-electron chi connectivity index (χ4n) is 2.79. The Morgan fingerprint density at radius 3 is 2.64 bits per heavy atom. The van der Waals surface area contributed by atoms with Crippen molar-refractivity contribution in [3.8, 4) is 5.75 Å². The van der Waals surface area contributed by atoms with Gasteiger partial charge in [0.1, 0.15) is 5.75 Å². The molecule has 1 fully saturated rings. The molecule has 2 N–H and O–H groups in total. The number of anilines is 1. The van der Waals surface area contributed by atoms with E-state index in [1.165, 1.54) is 6.42 Å². The van der Waals surface area contributed by atoms with Crippen molar-refractivity contribution in [3.63, 3.8) is 0 Å². The summed E-state index contributed by atoms with van der Waals surface area (Å²) < 4.78 is 5.44. The second-order valence-corrected chi connectivity index (χ2v) is 5.72. The average Bonchev–Trinajstić information content (AvgIpc) is 2.51. The fraction of sp³-hybridized carbons (Fsp3) is 0.529. The molecule has 5 nitrogen and oxygen atoms in total. The quantitative estimate of drug-likeness (QED) is 0.840. The zero-order chi connectivity index (χ0) is 15.9. The SMILES string of the molecule is CCOc1ccccc1NC(=O)C(=O)N[C@@H]1CCCC[C@@H]1C. The first-order chi connectivity index (χ1) is 10.6. The molecule has 5 heteroatoms. The topological polar surface area (TPSA) is 67.4 Å². The molecule has 0 radical (unpaired) electrons. The smallest absolute Gasteiger partial charge is 0.313 e. The minimum absolute atomic E-state index is 0.0918. The highest BCUT2D eigenvalue weighted by atomic mass is 16.5. The van der Waals surface area contributed by atoms with E-state index in [9.17, 15) is 9.59 Å². The number of benzene rings is 1. The molecule has 1 aromatic rings. The Hall–Kier alpha value is -2.04. The van der Waals surface area contributed by atoms with Gasteiger partial charge in [-0.1, -0.05) is 31.9 Å². The summed E-state index contributed by atoms with van der Waals surface area (Å²) in [6.07, 6.45) is 4.33. The zero-order valence-electron chi connectivity index (χ0n) is 13.2. The number of rotatable bonds is 4. The molecule has 1 aliphatic carbocycles. The van der Waals surface area contributed by atoms with Crippen molar-refractivity contribution in [1.82, 2.24) is 5.32 Å². The molecule has 0 aliphatic heterocycles. The lowest BCUT2D eigenvalue weighted by Gasteiger charge is -2.29. The Labute approximate surface area is 131 Å². The number of carbonyl (C=O) groups excluding carboxylic acids is 2. The second-order valence-electron chi connectivity index (χ2n) is 5.72. The van der Waals surface area contributed by atoms with Gasteiger partial charge in [0.05, 0.1) is 12.3 Å². The zero-order valence-corrected chi connectivity index (χ0v) is 13.2. The molecule has 1 saturated carbocycles. The highest BCUT2D eigenvalue weighted by Gasteiger charge is 2.25. The number of hydrogen-bond donors (Lipinski definition) is 2. The maximum Gasteiger partial charge on any atom is 0.313 e. The number of nitrogens with one attached hydrogen (secondary N) is 2. The van der Waals surface area contributed by atoms with Gasteiger partial charge in [-0.2, -0.15) is 0 Å². The normalized spacial score (nSPS) is 21.0. The van der Waals surface area contributed by atoms with Crippen molar-refractivity contribution < 1.29 is 14.3 Å². The van der Waals surface area contributed by atoms with Gasteiger partial charge in [0, 0.05) is 6.04 Å². The third kappa shape index (κ3) is 4.23. The first kappa shape index (κ1) is 16.3. The molecule has 0 spiro atoms. The van der Waals surface area contributed by atoms with Gasteiger partial charge in [-0.05, 0) is 37.8 Å². The highest BCUT2D eigenvalue weighted by molar-refractivity contribution is 6.39. The molecule has 2 atom stereocenters. The van der Waals surface area contributed by atoms with Crippen molar-refractivity contribution in [2.45, 2.75) is 45.6 Å². The molecule has 1 aromatic carbocycles. The third-order valence-corrected chi connectivity index (χ3v) is 4.07. The van der Waals surface area contributed by atoms with Crippen LogP contribution in [0.3, 0.4) is 0 Å². The van der Waals surface area contributed by atoms with Crippen LogP contribution in [0.2, 0.25) is 0 Å². The summed E-state index contributed by atoms with van der Waals surface area (Å²) in [5.74, 6) is -0.242. The summed E-state index contributed by atoms with van der Waals surface area (Å²) in [5, 5.41) is 5.47. The number of ether oxygens (including phenoxy) is 1. The first-order valence-electron chi connectivity index (χ1n) is 7.95. The Kier molecular flexibility index (Phi) is 5.81. The summed E-state index contributed by atoms with van der Waals surface area (Å²) in [4.78, 5) is 24.1. The molecule has 2 amide bonds. The van der Waals surface area contributed by atoms with Gasteiger partial charge in [-0.25, -0.2) is 0 Å².